The average Bonchev–Trinajstić information content (AvgIpc) is 3.12. The maximum Gasteiger partial charge on any atom is 0.410 e. The molecule has 0 unspecified atom stereocenters. The molecule has 0 atom stereocenters. The van der Waals surface area contributed by atoms with E-state index in [0.29, 0.717) is 54.3 Å². The molecule has 1 aromatic carbocycles. The van der Waals surface area contributed by atoms with E-state index >= 15 is 0 Å². The Hall–Kier alpha value is -2.42. The molecule has 1 spiro atoms. The minimum absolute atomic E-state index is 0.0542. The molecule has 0 radical (unpaired) electrons. The van der Waals surface area contributed by atoms with Gasteiger partial charge in [0.1, 0.15) is 21.7 Å². The lowest BCUT2D eigenvalue weighted by Gasteiger charge is -2.54. The number of hydrogen-bond donors (Lipinski definition) is 1. The van der Waals surface area contributed by atoms with Crippen molar-refractivity contribution in [2.24, 2.45) is 10.4 Å². The number of aliphatic imine (C=N–C) groups is 1. The van der Waals surface area contributed by atoms with E-state index in [0.717, 1.165) is 12.8 Å². The van der Waals surface area contributed by atoms with E-state index in [2.05, 4.69) is 26.2 Å². The topological polar surface area (TPSA) is 74.2 Å². The summed E-state index contributed by atoms with van der Waals surface area (Å²) >= 11 is 3.26. The standard InChI is InChI=1S/C23H28BrFN4O3/c1-22(2,3)32-21(31)29-13-23(14-29)9-11-28(12-10-23)19-15(25)5-4-6-16(19)27-20(30)17-7-8-18(24)26-17/h4-6,8H,7,9-14H2,1-3H3,(H,27,30). The smallest absolute Gasteiger partial charge is 0.410 e. The van der Waals surface area contributed by atoms with Crippen molar-refractivity contribution >= 4 is 45.0 Å². The lowest BCUT2D eigenvalue weighted by molar-refractivity contribution is -0.110. The molecule has 32 heavy (non-hydrogen) atoms. The number of rotatable bonds is 3. The van der Waals surface area contributed by atoms with Gasteiger partial charge in [0, 0.05) is 38.0 Å². The van der Waals surface area contributed by atoms with E-state index in [9.17, 15) is 14.0 Å². The van der Waals surface area contributed by atoms with Gasteiger partial charge in [-0.05, 0) is 67.8 Å². The highest BCUT2D eigenvalue weighted by Crippen LogP contribution is 2.43. The summed E-state index contributed by atoms with van der Waals surface area (Å²) in [5, 5.41) is 2.83. The molecular weight excluding hydrogens is 479 g/mol. The highest BCUT2D eigenvalue weighted by Gasteiger charge is 2.48. The average molecular weight is 507 g/mol. The van der Waals surface area contributed by atoms with E-state index in [1.807, 2.05) is 31.7 Å². The van der Waals surface area contributed by atoms with Crippen LogP contribution in [0.5, 0.6) is 0 Å². The second kappa shape index (κ2) is 8.50. The number of nitrogens with one attached hydrogen (secondary N) is 1. The van der Waals surface area contributed by atoms with Gasteiger partial charge < -0.3 is 19.9 Å². The highest BCUT2D eigenvalue weighted by molar-refractivity contribution is 9.11. The van der Waals surface area contributed by atoms with Crippen LogP contribution in [-0.2, 0) is 9.53 Å². The summed E-state index contributed by atoms with van der Waals surface area (Å²) in [5.74, 6) is -0.696. The van der Waals surface area contributed by atoms with Crippen molar-refractivity contribution in [1.82, 2.24) is 4.90 Å². The van der Waals surface area contributed by atoms with Crippen LogP contribution in [0.1, 0.15) is 40.0 Å². The van der Waals surface area contributed by atoms with Crippen molar-refractivity contribution in [2.45, 2.75) is 45.6 Å². The Labute approximate surface area is 195 Å². The molecule has 3 aliphatic rings. The number of nitrogens with zero attached hydrogens (tertiary/aromatic N) is 3. The first-order chi connectivity index (χ1) is 15.1. The molecule has 3 heterocycles. The van der Waals surface area contributed by atoms with Gasteiger partial charge in [-0.25, -0.2) is 14.2 Å². The number of likely N-dealkylation sites (tertiary alicyclic amines) is 1. The summed E-state index contributed by atoms with van der Waals surface area (Å²) in [6, 6.07) is 4.72. The predicted octanol–water partition coefficient (Wildman–Crippen LogP) is 4.68. The fourth-order valence-corrected chi connectivity index (χ4v) is 4.79. The molecule has 3 aliphatic heterocycles. The lowest BCUT2D eigenvalue weighted by Crippen LogP contribution is -2.62. The number of benzene rings is 1. The number of ether oxygens (including phenoxy) is 1. The molecule has 1 N–H and O–H groups in total. The molecule has 9 heteroatoms. The third-order valence-corrected chi connectivity index (χ3v) is 6.55. The van der Waals surface area contributed by atoms with Gasteiger partial charge in [-0.1, -0.05) is 6.07 Å². The highest BCUT2D eigenvalue weighted by atomic mass is 79.9. The third-order valence-electron chi connectivity index (χ3n) is 6.05. The Morgan fingerprint density at radius 3 is 2.50 bits per heavy atom. The van der Waals surface area contributed by atoms with Crippen molar-refractivity contribution in [1.29, 1.82) is 0 Å². The SMILES string of the molecule is CC(C)(C)OC(=O)N1CC2(CCN(c3c(F)cccc3NC(=O)C3=NC(Br)=CC3)CC2)C1. The summed E-state index contributed by atoms with van der Waals surface area (Å²) in [4.78, 5) is 32.7. The molecule has 7 nitrogen and oxygen atoms in total. The number of hydrogen-bond acceptors (Lipinski definition) is 5. The van der Waals surface area contributed by atoms with Crippen LogP contribution in [0.2, 0.25) is 0 Å². The van der Waals surface area contributed by atoms with E-state index < -0.39 is 5.60 Å². The minimum Gasteiger partial charge on any atom is -0.444 e. The Morgan fingerprint density at radius 2 is 1.91 bits per heavy atom. The van der Waals surface area contributed by atoms with E-state index in [-0.39, 0.29) is 23.2 Å². The summed E-state index contributed by atoms with van der Waals surface area (Å²) in [6.07, 6.45) is 3.66. The number of halogens is 2. The van der Waals surface area contributed by atoms with Gasteiger partial charge >= 0.3 is 6.09 Å². The van der Waals surface area contributed by atoms with Crippen molar-refractivity contribution in [3.63, 3.8) is 0 Å². The number of carbonyl (C=O) groups excluding carboxylic acids is 2. The molecule has 0 bridgehead atoms. The van der Waals surface area contributed by atoms with Gasteiger partial charge in [0.05, 0.1) is 11.4 Å². The largest absolute Gasteiger partial charge is 0.444 e. The molecule has 1 aromatic rings. The first-order valence-corrected chi connectivity index (χ1v) is 11.6. The van der Waals surface area contributed by atoms with Crippen molar-refractivity contribution in [2.75, 3.05) is 36.4 Å². The first kappa shape index (κ1) is 22.8. The number of para-hydroxylation sites is 1. The van der Waals surface area contributed by atoms with Crippen LogP contribution in [0.25, 0.3) is 0 Å². The third kappa shape index (κ3) is 4.82. The fraction of sp³-hybridized carbons (Fsp3) is 0.522. The van der Waals surface area contributed by atoms with E-state index in [1.54, 1.807) is 17.0 Å². The second-order valence-electron chi connectivity index (χ2n) is 9.70. The molecule has 0 saturated carbocycles. The Balaban J connectivity index is 1.39. The molecule has 2 amide bonds. The zero-order chi connectivity index (χ0) is 23.1. The molecular formula is C23H28BrFN4O3. The maximum atomic E-state index is 14.8. The van der Waals surface area contributed by atoms with Gasteiger partial charge in [0.2, 0.25) is 0 Å². The van der Waals surface area contributed by atoms with Crippen LogP contribution in [0.4, 0.5) is 20.6 Å². The van der Waals surface area contributed by atoms with Crippen LogP contribution >= 0.6 is 15.9 Å². The van der Waals surface area contributed by atoms with Crippen LogP contribution in [0.15, 0.2) is 33.9 Å². The van der Waals surface area contributed by atoms with Crippen LogP contribution in [0, 0.1) is 11.2 Å². The molecule has 172 valence electrons. The van der Waals surface area contributed by atoms with Gasteiger partial charge in [0.15, 0.2) is 0 Å². The summed E-state index contributed by atoms with van der Waals surface area (Å²) < 4.78 is 20.9. The van der Waals surface area contributed by atoms with Crippen molar-refractivity contribution < 1.29 is 18.7 Å². The van der Waals surface area contributed by atoms with Gasteiger partial charge in [-0.15, -0.1) is 0 Å². The molecule has 0 aromatic heterocycles. The monoisotopic (exact) mass is 506 g/mol. The Kier molecular flexibility index (Phi) is 6.04. The van der Waals surface area contributed by atoms with Crippen LogP contribution in [-0.4, -0.2) is 54.4 Å². The number of carbonyl (C=O) groups is 2. The second-order valence-corrected chi connectivity index (χ2v) is 10.5. The van der Waals surface area contributed by atoms with Crippen LogP contribution in [0.3, 0.4) is 0 Å². The predicted molar refractivity (Wildman–Crippen MR) is 126 cm³/mol. The fourth-order valence-electron chi connectivity index (χ4n) is 4.42. The van der Waals surface area contributed by atoms with Gasteiger partial charge in [0.25, 0.3) is 5.91 Å². The number of anilines is 2. The summed E-state index contributed by atoms with van der Waals surface area (Å²) in [7, 11) is 0. The maximum absolute atomic E-state index is 14.8. The van der Waals surface area contributed by atoms with Gasteiger partial charge in [-0.2, -0.15) is 0 Å². The van der Waals surface area contributed by atoms with E-state index in [4.69, 9.17) is 4.74 Å². The summed E-state index contributed by atoms with van der Waals surface area (Å²) in [6.45, 7) is 8.21. The lowest BCUT2D eigenvalue weighted by atomic mass is 9.72. The Morgan fingerprint density at radius 1 is 1.22 bits per heavy atom. The molecule has 2 fully saturated rings. The number of piperidine rings is 1. The Bertz CT molecular complexity index is 985. The van der Waals surface area contributed by atoms with Crippen LogP contribution < -0.4 is 10.2 Å². The molecule has 0 aliphatic carbocycles. The van der Waals surface area contributed by atoms with Crippen molar-refractivity contribution in [3.05, 3.63) is 34.7 Å². The summed E-state index contributed by atoms with van der Waals surface area (Å²) in [5.41, 5.74) is 0.788. The van der Waals surface area contributed by atoms with Crippen molar-refractivity contribution in [3.8, 4) is 0 Å². The first-order valence-electron chi connectivity index (χ1n) is 10.8. The zero-order valence-electron chi connectivity index (χ0n) is 18.6. The van der Waals surface area contributed by atoms with Gasteiger partial charge in [-0.3, -0.25) is 4.79 Å². The normalized spacial score (nSPS) is 19.9. The zero-order valence-corrected chi connectivity index (χ0v) is 20.2. The van der Waals surface area contributed by atoms with E-state index in [1.165, 1.54) is 6.07 Å². The molecule has 4 rings (SSSR count). The quantitative estimate of drug-likeness (QED) is 0.603. The minimum atomic E-state index is -0.509. The number of amides is 2. The number of allylic oxidation sites excluding steroid dienone is 1. The molecule has 2 saturated heterocycles.